The molecular formula is C14H22N2O3S. The second kappa shape index (κ2) is 4.72. The molecule has 3 N–H and O–H groups in total. The van der Waals surface area contributed by atoms with Crippen LogP contribution in [0.25, 0.3) is 0 Å². The molecule has 0 radical (unpaired) electrons. The van der Waals surface area contributed by atoms with Crippen LogP contribution in [0.5, 0.6) is 0 Å². The number of β-amino-alcohol motifs (C(OH)–C–C–N with tert-alkyl or cyclic N) is 1. The van der Waals surface area contributed by atoms with E-state index < -0.39 is 15.6 Å². The van der Waals surface area contributed by atoms with Gasteiger partial charge in [0.05, 0.1) is 10.5 Å². The lowest BCUT2D eigenvalue weighted by Crippen LogP contribution is -2.65. The van der Waals surface area contributed by atoms with E-state index in [0.29, 0.717) is 16.8 Å². The first-order valence-electron chi connectivity index (χ1n) is 6.68. The molecule has 20 heavy (non-hydrogen) atoms. The quantitative estimate of drug-likeness (QED) is 0.823. The Morgan fingerprint density at radius 1 is 1.30 bits per heavy atom. The molecule has 5 nitrogen and oxygen atoms in total. The average Bonchev–Trinajstić information content (AvgIpc) is 2.29. The van der Waals surface area contributed by atoms with Gasteiger partial charge in [0.25, 0.3) is 0 Å². The number of sulfonamides is 1. The van der Waals surface area contributed by atoms with Gasteiger partial charge in [-0.3, -0.25) is 0 Å². The summed E-state index contributed by atoms with van der Waals surface area (Å²) in [5, 5.41) is 10.2. The molecule has 0 spiro atoms. The maximum atomic E-state index is 12.7. The highest BCUT2D eigenvalue weighted by Gasteiger charge is 2.49. The summed E-state index contributed by atoms with van der Waals surface area (Å²) in [7, 11) is -3.60. The third-order valence-corrected chi connectivity index (χ3v) is 6.30. The topological polar surface area (TPSA) is 83.6 Å². The molecule has 112 valence electrons. The number of aryl methyl sites for hydroxylation is 1. The van der Waals surface area contributed by atoms with E-state index in [1.54, 1.807) is 26.0 Å². The minimum absolute atomic E-state index is 0.0250. The third-order valence-electron chi connectivity index (χ3n) is 4.22. The molecule has 0 unspecified atom stereocenters. The van der Waals surface area contributed by atoms with Gasteiger partial charge < -0.3 is 10.8 Å². The van der Waals surface area contributed by atoms with Crippen LogP contribution in [0.3, 0.4) is 0 Å². The molecular weight excluding hydrogens is 276 g/mol. The summed E-state index contributed by atoms with van der Waals surface area (Å²) < 4.78 is 26.7. The summed E-state index contributed by atoms with van der Waals surface area (Å²) in [4.78, 5) is 0.267. The van der Waals surface area contributed by atoms with Gasteiger partial charge >= 0.3 is 0 Å². The molecule has 1 aliphatic heterocycles. The Labute approximate surface area is 120 Å². The van der Waals surface area contributed by atoms with Crippen molar-refractivity contribution in [1.82, 2.24) is 4.31 Å². The van der Waals surface area contributed by atoms with Crippen LogP contribution in [0.1, 0.15) is 25.0 Å². The van der Waals surface area contributed by atoms with Gasteiger partial charge in [-0.1, -0.05) is 19.9 Å². The van der Waals surface area contributed by atoms with Crippen LogP contribution in [-0.2, 0) is 10.0 Å². The van der Waals surface area contributed by atoms with Crippen LogP contribution >= 0.6 is 0 Å². The molecule has 1 saturated heterocycles. The van der Waals surface area contributed by atoms with Crippen LogP contribution in [0, 0.1) is 19.8 Å². The smallest absolute Gasteiger partial charge is 0.243 e. The number of aliphatic hydroxyl groups is 1. The van der Waals surface area contributed by atoms with Gasteiger partial charge in [-0.25, -0.2) is 8.42 Å². The number of hydrogen-bond acceptors (Lipinski definition) is 4. The number of anilines is 1. The van der Waals surface area contributed by atoms with Crippen LogP contribution < -0.4 is 5.73 Å². The first-order valence-corrected chi connectivity index (χ1v) is 8.12. The summed E-state index contributed by atoms with van der Waals surface area (Å²) in [5.41, 5.74) is 6.61. The largest absolute Gasteiger partial charge is 0.398 e. The summed E-state index contributed by atoms with van der Waals surface area (Å²) in [5.74, 6) is 0.0250. The van der Waals surface area contributed by atoms with E-state index in [1.807, 2.05) is 13.8 Å². The van der Waals surface area contributed by atoms with Crippen molar-refractivity contribution in [2.45, 2.75) is 38.2 Å². The second-order valence-electron chi connectivity index (χ2n) is 5.96. The molecule has 1 aromatic carbocycles. The minimum atomic E-state index is -3.60. The summed E-state index contributed by atoms with van der Waals surface area (Å²) in [6, 6.07) is 3.42. The Bertz CT molecular complexity index is 632. The molecule has 2 rings (SSSR count). The van der Waals surface area contributed by atoms with Gasteiger partial charge in [-0.05, 0) is 37.0 Å². The first-order chi connectivity index (χ1) is 9.09. The van der Waals surface area contributed by atoms with Crippen LogP contribution in [0.4, 0.5) is 5.69 Å². The van der Waals surface area contributed by atoms with Gasteiger partial charge in [0.2, 0.25) is 10.0 Å². The number of rotatable bonds is 3. The monoisotopic (exact) mass is 298 g/mol. The lowest BCUT2D eigenvalue weighted by Gasteiger charge is -2.48. The zero-order chi connectivity index (χ0) is 15.3. The van der Waals surface area contributed by atoms with Crippen molar-refractivity contribution in [3.05, 3.63) is 23.3 Å². The number of benzene rings is 1. The van der Waals surface area contributed by atoms with E-state index in [9.17, 15) is 13.5 Å². The summed E-state index contributed by atoms with van der Waals surface area (Å²) in [6.07, 6.45) is 0. The zero-order valence-corrected chi connectivity index (χ0v) is 13.2. The van der Waals surface area contributed by atoms with E-state index in [4.69, 9.17) is 5.73 Å². The fourth-order valence-corrected chi connectivity index (χ4v) is 4.49. The Morgan fingerprint density at radius 3 is 2.35 bits per heavy atom. The van der Waals surface area contributed by atoms with Crippen molar-refractivity contribution in [3.63, 3.8) is 0 Å². The second-order valence-corrected chi connectivity index (χ2v) is 7.83. The average molecular weight is 298 g/mol. The highest BCUT2D eigenvalue weighted by molar-refractivity contribution is 7.89. The molecule has 1 aliphatic rings. The Morgan fingerprint density at radius 2 is 1.85 bits per heavy atom. The number of nitrogens with zero attached hydrogens (tertiary/aromatic N) is 1. The van der Waals surface area contributed by atoms with Gasteiger partial charge in [-0.2, -0.15) is 4.31 Å². The normalized spacial score (nSPS) is 19.1. The lowest BCUT2D eigenvalue weighted by molar-refractivity contribution is -0.0932. The van der Waals surface area contributed by atoms with Crippen molar-refractivity contribution < 1.29 is 13.5 Å². The molecule has 6 heteroatoms. The predicted molar refractivity (Wildman–Crippen MR) is 78.9 cm³/mol. The molecule has 0 amide bonds. The summed E-state index contributed by atoms with van der Waals surface area (Å²) in [6.45, 7) is 7.53. The van der Waals surface area contributed by atoms with Crippen LogP contribution in [0.15, 0.2) is 17.0 Å². The van der Waals surface area contributed by atoms with Crippen molar-refractivity contribution in [2.24, 2.45) is 5.92 Å². The van der Waals surface area contributed by atoms with Gasteiger partial charge in [0.1, 0.15) is 0 Å². The molecule has 0 bridgehead atoms. The molecule has 0 atom stereocenters. The predicted octanol–water partition coefficient (Wildman–Crippen LogP) is 1.28. The van der Waals surface area contributed by atoms with Gasteiger partial charge in [0, 0.05) is 18.8 Å². The number of nitrogen functional groups attached to an aromatic ring is 1. The van der Waals surface area contributed by atoms with Crippen molar-refractivity contribution >= 4 is 15.7 Å². The number of hydrogen-bond donors (Lipinski definition) is 2. The molecule has 1 heterocycles. The summed E-state index contributed by atoms with van der Waals surface area (Å²) >= 11 is 0. The van der Waals surface area contributed by atoms with Crippen molar-refractivity contribution in [1.29, 1.82) is 0 Å². The fourth-order valence-electron chi connectivity index (χ4n) is 2.47. The van der Waals surface area contributed by atoms with Gasteiger partial charge in [-0.15, -0.1) is 0 Å². The van der Waals surface area contributed by atoms with E-state index in [0.717, 1.165) is 0 Å². The number of nitrogens with two attached hydrogens (primary N) is 1. The zero-order valence-electron chi connectivity index (χ0n) is 12.3. The molecule has 1 aromatic rings. The Hall–Kier alpha value is -1.11. The van der Waals surface area contributed by atoms with Crippen LogP contribution in [-0.4, -0.2) is 36.5 Å². The maximum absolute atomic E-state index is 12.7. The van der Waals surface area contributed by atoms with Gasteiger partial charge in [0.15, 0.2) is 0 Å². The third kappa shape index (κ3) is 2.21. The van der Waals surface area contributed by atoms with Crippen molar-refractivity contribution in [2.75, 3.05) is 18.8 Å². The molecule has 0 aliphatic carbocycles. The SMILES string of the molecule is Cc1ccc(N)c(C)c1S(=O)(=O)N1CC(O)(C(C)C)C1. The van der Waals surface area contributed by atoms with Crippen molar-refractivity contribution in [3.8, 4) is 0 Å². The Kier molecular flexibility index (Phi) is 3.60. The maximum Gasteiger partial charge on any atom is 0.243 e. The van der Waals surface area contributed by atoms with E-state index in [1.165, 1.54) is 4.31 Å². The standard InChI is InChI=1S/C14H22N2O3S/c1-9(2)14(17)7-16(8-14)20(18,19)13-10(3)5-6-12(15)11(13)4/h5-6,9,17H,7-8,15H2,1-4H3. The van der Waals surface area contributed by atoms with Crippen LogP contribution in [0.2, 0.25) is 0 Å². The molecule has 0 aromatic heterocycles. The highest BCUT2D eigenvalue weighted by Crippen LogP contribution is 2.36. The molecule has 0 saturated carbocycles. The van der Waals surface area contributed by atoms with E-state index in [2.05, 4.69) is 0 Å². The lowest BCUT2D eigenvalue weighted by atomic mass is 9.85. The Balaban J connectivity index is 2.38. The first kappa shape index (κ1) is 15.3. The minimum Gasteiger partial charge on any atom is -0.398 e. The molecule has 1 fully saturated rings. The fraction of sp³-hybridized carbons (Fsp3) is 0.571. The van der Waals surface area contributed by atoms with E-state index in [-0.39, 0.29) is 23.9 Å². The highest BCUT2D eigenvalue weighted by atomic mass is 32.2. The van der Waals surface area contributed by atoms with E-state index >= 15 is 0 Å².